The second kappa shape index (κ2) is 5.84. The molecule has 0 aromatic carbocycles. The summed E-state index contributed by atoms with van der Waals surface area (Å²) in [5, 5.41) is 9.33. The molecule has 0 aliphatic heterocycles. The molecule has 23 heavy (non-hydrogen) atoms. The van der Waals surface area contributed by atoms with Gasteiger partial charge in [0.1, 0.15) is 5.39 Å². The first kappa shape index (κ1) is 15.8. The van der Waals surface area contributed by atoms with Crippen LogP contribution in [0.1, 0.15) is 43.5 Å². The van der Waals surface area contributed by atoms with E-state index >= 15 is 0 Å². The van der Waals surface area contributed by atoms with E-state index in [4.69, 9.17) is 4.42 Å². The molecule has 1 aliphatic rings. The number of aromatic amines is 1. The largest absolute Gasteiger partial charge is 0.403 e. The predicted molar refractivity (Wildman–Crippen MR) is 77.5 cm³/mol. The summed E-state index contributed by atoms with van der Waals surface area (Å²) in [4.78, 5) is 29.2. The predicted octanol–water partition coefficient (Wildman–Crippen LogP) is 1.91. The molecule has 0 amide bonds. The highest BCUT2D eigenvalue weighted by Crippen LogP contribution is 2.49. The first-order valence-electron chi connectivity index (χ1n) is 7.40. The number of hydrogen-bond acceptors (Lipinski definition) is 5. The summed E-state index contributed by atoms with van der Waals surface area (Å²) < 4.78 is 30.2. The molecule has 0 bridgehead atoms. The third-order valence-electron chi connectivity index (χ3n) is 4.37. The zero-order valence-electron chi connectivity index (χ0n) is 12.3. The molecular formula is C15H16F2N2O4. The summed E-state index contributed by atoms with van der Waals surface area (Å²) in [7, 11) is 0. The Morgan fingerprint density at radius 2 is 2.13 bits per heavy atom. The molecule has 6 nitrogen and oxygen atoms in total. The summed E-state index contributed by atoms with van der Waals surface area (Å²) in [6.45, 7) is 0.130. The Balaban J connectivity index is 1.93. The summed E-state index contributed by atoms with van der Waals surface area (Å²) in [6.07, 6.45) is 0.867. The third-order valence-corrected chi connectivity index (χ3v) is 4.37. The molecule has 2 N–H and O–H groups in total. The summed E-state index contributed by atoms with van der Waals surface area (Å²) >= 11 is 0. The van der Waals surface area contributed by atoms with Gasteiger partial charge >= 0.3 is 5.63 Å². The Morgan fingerprint density at radius 3 is 2.74 bits per heavy atom. The van der Waals surface area contributed by atoms with Crippen LogP contribution in [0.4, 0.5) is 8.78 Å². The van der Waals surface area contributed by atoms with Crippen LogP contribution >= 0.6 is 0 Å². The smallest absolute Gasteiger partial charge is 0.337 e. The number of aromatic nitrogens is 2. The van der Waals surface area contributed by atoms with Gasteiger partial charge in [-0.15, -0.1) is 0 Å². The van der Waals surface area contributed by atoms with Gasteiger partial charge in [0.25, 0.3) is 12.0 Å². The van der Waals surface area contributed by atoms with Crippen LogP contribution in [0.2, 0.25) is 0 Å². The minimum atomic E-state index is -2.96. The number of aryl methyl sites for hydroxylation is 1. The van der Waals surface area contributed by atoms with E-state index in [0.717, 1.165) is 19.3 Å². The monoisotopic (exact) mass is 326 g/mol. The highest BCUT2D eigenvalue weighted by molar-refractivity contribution is 5.75. The lowest BCUT2D eigenvalue weighted by molar-refractivity contribution is 0.140. The molecule has 0 saturated heterocycles. The van der Waals surface area contributed by atoms with Crippen LogP contribution in [0.5, 0.6) is 0 Å². The number of alkyl halides is 2. The maximum absolute atomic E-state index is 12.7. The zero-order chi connectivity index (χ0) is 16.6. The van der Waals surface area contributed by atoms with Crippen LogP contribution in [-0.4, -0.2) is 21.7 Å². The SMILES string of the molecule is O=c1cc(CCCC2(CO)CC2)c2c(=O)[nH]c(C(F)F)nc2o1. The lowest BCUT2D eigenvalue weighted by atomic mass is 9.97. The Morgan fingerprint density at radius 1 is 1.39 bits per heavy atom. The number of hydrogen-bond donors (Lipinski definition) is 2. The van der Waals surface area contributed by atoms with Crippen molar-refractivity contribution in [3.05, 3.63) is 38.2 Å². The minimum absolute atomic E-state index is 0.0250. The Labute approximate surface area is 129 Å². The van der Waals surface area contributed by atoms with Crippen molar-refractivity contribution in [2.75, 3.05) is 6.61 Å². The van der Waals surface area contributed by atoms with Gasteiger partial charge < -0.3 is 14.5 Å². The molecular weight excluding hydrogens is 310 g/mol. The van der Waals surface area contributed by atoms with Gasteiger partial charge in [0.05, 0.1) is 0 Å². The van der Waals surface area contributed by atoms with Crippen molar-refractivity contribution in [3.63, 3.8) is 0 Å². The van der Waals surface area contributed by atoms with Crippen molar-refractivity contribution >= 4 is 11.1 Å². The molecule has 0 radical (unpaired) electrons. The third kappa shape index (κ3) is 3.17. The standard InChI is InChI=1S/C15H16F2N2O4/c16-11(17)12-18-13(22)10-8(6-9(21)23-14(10)19-12)2-1-3-15(7-20)4-5-15/h6,11,20H,1-5,7H2,(H,18,19,22). The second-order valence-electron chi connectivity index (χ2n) is 6.03. The topological polar surface area (TPSA) is 96.2 Å². The van der Waals surface area contributed by atoms with E-state index in [2.05, 4.69) is 4.98 Å². The minimum Gasteiger partial charge on any atom is -0.403 e. The average Bonchev–Trinajstić information content (AvgIpc) is 3.26. The number of halogens is 2. The van der Waals surface area contributed by atoms with E-state index in [1.165, 1.54) is 6.07 Å². The lowest BCUT2D eigenvalue weighted by Gasteiger charge is -2.11. The molecule has 0 atom stereocenters. The fourth-order valence-electron chi connectivity index (χ4n) is 2.78. The van der Waals surface area contributed by atoms with E-state index in [1.807, 2.05) is 4.98 Å². The van der Waals surface area contributed by atoms with Crippen molar-refractivity contribution in [2.45, 2.75) is 38.5 Å². The van der Waals surface area contributed by atoms with E-state index < -0.39 is 23.4 Å². The maximum atomic E-state index is 12.7. The molecule has 0 unspecified atom stereocenters. The van der Waals surface area contributed by atoms with Gasteiger partial charge in [-0.05, 0) is 43.1 Å². The van der Waals surface area contributed by atoms with Crippen molar-refractivity contribution in [3.8, 4) is 0 Å². The average molecular weight is 326 g/mol. The summed E-state index contributed by atoms with van der Waals surface area (Å²) in [5.74, 6) is -0.819. The molecule has 2 aromatic rings. The Kier molecular flexibility index (Phi) is 4.01. The molecule has 2 heterocycles. The van der Waals surface area contributed by atoms with E-state index in [9.17, 15) is 23.5 Å². The van der Waals surface area contributed by atoms with Crippen molar-refractivity contribution in [2.24, 2.45) is 5.41 Å². The van der Waals surface area contributed by atoms with Crippen molar-refractivity contribution in [1.29, 1.82) is 0 Å². The number of aliphatic hydroxyl groups excluding tert-OH is 1. The molecule has 3 rings (SSSR count). The van der Waals surface area contributed by atoms with Crippen LogP contribution in [0, 0.1) is 5.41 Å². The van der Waals surface area contributed by atoms with Crippen LogP contribution in [0.3, 0.4) is 0 Å². The van der Waals surface area contributed by atoms with Crippen LogP contribution in [0.25, 0.3) is 11.1 Å². The highest BCUT2D eigenvalue weighted by Gasteiger charge is 2.40. The quantitative estimate of drug-likeness (QED) is 0.845. The van der Waals surface area contributed by atoms with Gasteiger partial charge in [0.2, 0.25) is 5.71 Å². The number of fused-ring (bicyclic) bond motifs is 1. The number of nitrogens with one attached hydrogen (secondary N) is 1. The molecule has 1 saturated carbocycles. The van der Waals surface area contributed by atoms with Crippen molar-refractivity contribution < 1.29 is 18.3 Å². The molecule has 2 aromatic heterocycles. The first-order chi connectivity index (χ1) is 10.9. The highest BCUT2D eigenvalue weighted by atomic mass is 19.3. The van der Waals surface area contributed by atoms with Gasteiger partial charge in [-0.1, -0.05) is 0 Å². The first-order valence-corrected chi connectivity index (χ1v) is 7.40. The lowest BCUT2D eigenvalue weighted by Crippen LogP contribution is -2.16. The van der Waals surface area contributed by atoms with Crippen LogP contribution in [-0.2, 0) is 6.42 Å². The Bertz CT molecular complexity index is 839. The summed E-state index contributed by atoms with van der Waals surface area (Å²) in [6, 6.07) is 1.19. The molecule has 1 fully saturated rings. The Hall–Kier alpha value is -2.09. The van der Waals surface area contributed by atoms with Gasteiger partial charge in [-0.2, -0.15) is 4.98 Å². The van der Waals surface area contributed by atoms with Gasteiger partial charge in [0.15, 0.2) is 5.82 Å². The maximum Gasteiger partial charge on any atom is 0.337 e. The molecule has 0 spiro atoms. The van der Waals surface area contributed by atoms with Crippen LogP contribution in [0.15, 0.2) is 20.1 Å². The van der Waals surface area contributed by atoms with Gasteiger partial charge in [0, 0.05) is 12.7 Å². The molecule has 8 heteroatoms. The van der Waals surface area contributed by atoms with Gasteiger partial charge in [-0.25, -0.2) is 13.6 Å². The number of aliphatic hydroxyl groups is 1. The fourth-order valence-corrected chi connectivity index (χ4v) is 2.78. The fraction of sp³-hybridized carbons (Fsp3) is 0.533. The van der Waals surface area contributed by atoms with E-state index in [1.54, 1.807) is 0 Å². The normalized spacial score (nSPS) is 16.2. The zero-order valence-corrected chi connectivity index (χ0v) is 12.3. The number of H-pyrrole nitrogens is 1. The number of rotatable bonds is 6. The van der Waals surface area contributed by atoms with Crippen molar-refractivity contribution in [1.82, 2.24) is 9.97 Å². The summed E-state index contributed by atoms with van der Waals surface area (Å²) in [5.41, 5.74) is -1.43. The van der Waals surface area contributed by atoms with Gasteiger partial charge in [-0.3, -0.25) is 4.79 Å². The molecule has 124 valence electrons. The van der Waals surface area contributed by atoms with E-state index in [-0.39, 0.29) is 23.1 Å². The second-order valence-corrected chi connectivity index (χ2v) is 6.03. The van der Waals surface area contributed by atoms with E-state index in [0.29, 0.717) is 18.4 Å². The number of nitrogens with zero attached hydrogens (tertiary/aromatic N) is 1. The molecule has 1 aliphatic carbocycles. The van der Waals surface area contributed by atoms with Crippen LogP contribution < -0.4 is 11.2 Å².